The summed E-state index contributed by atoms with van der Waals surface area (Å²) in [5.74, 6) is 0.787. The summed E-state index contributed by atoms with van der Waals surface area (Å²) >= 11 is 0. The minimum atomic E-state index is -4.00. The molecule has 1 heterocycles. The van der Waals surface area contributed by atoms with Gasteiger partial charge in [0.2, 0.25) is 5.88 Å². The number of benzene rings is 2. The maximum Gasteiger partial charge on any atom is 0.263 e. The Morgan fingerprint density at radius 3 is 2.52 bits per heavy atom. The van der Waals surface area contributed by atoms with Crippen LogP contribution in [0.25, 0.3) is 0 Å². The Bertz CT molecular complexity index is 1150. The number of aliphatic hydroxyl groups excluding tert-OH is 1. The third-order valence-corrected chi connectivity index (χ3v) is 5.71. The molecule has 10 heteroatoms. The van der Waals surface area contributed by atoms with Crippen molar-refractivity contribution < 1.29 is 27.8 Å². The van der Waals surface area contributed by atoms with Gasteiger partial charge in [-0.1, -0.05) is 30.3 Å². The quantitative estimate of drug-likeness (QED) is 0.456. The summed E-state index contributed by atoms with van der Waals surface area (Å²) in [4.78, 5) is 19.0. The van der Waals surface area contributed by atoms with Crippen molar-refractivity contribution in [2.45, 2.75) is 11.3 Å². The van der Waals surface area contributed by atoms with Gasteiger partial charge >= 0.3 is 0 Å². The standard InChI is InChI=1S/C21H21N3O6S/c1-29-19-5-3-2-4-16(19)12-18-20(22-14-23-21(18)30-11-10-25)24-31(27,28)17-8-6-15(13-26)7-9-17/h2-9,13-14,25H,10-12H2,1H3,(H,22,23,24). The topological polar surface area (TPSA) is 128 Å². The summed E-state index contributed by atoms with van der Waals surface area (Å²) in [5.41, 5.74) is 1.51. The molecule has 0 aliphatic heterocycles. The second-order valence-electron chi connectivity index (χ2n) is 6.36. The van der Waals surface area contributed by atoms with Gasteiger partial charge in [-0.15, -0.1) is 0 Å². The summed E-state index contributed by atoms with van der Waals surface area (Å²) in [6, 6.07) is 12.7. The molecule has 2 aromatic carbocycles. The molecule has 0 spiro atoms. The number of sulfonamides is 1. The number of anilines is 1. The largest absolute Gasteiger partial charge is 0.496 e. The van der Waals surface area contributed by atoms with Gasteiger partial charge in [-0.05, 0) is 23.8 Å². The molecule has 0 bridgehead atoms. The lowest BCUT2D eigenvalue weighted by Gasteiger charge is -2.16. The van der Waals surface area contributed by atoms with Gasteiger partial charge in [0.05, 0.1) is 24.2 Å². The fraction of sp³-hybridized carbons (Fsp3) is 0.190. The van der Waals surface area contributed by atoms with E-state index >= 15 is 0 Å². The molecule has 0 unspecified atom stereocenters. The molecule has 9 nitrogen and oxygen atoms in total. The number of rotatable bonds is 10. The molecule has 0 aliphatic carbocycles. The summed E-state index contributed by atoms with van der Waals surface area (Å²) in [6.07, 6.45) is 2.02. The number of ether oxygens (including phenoxy) is 2. The van der Waals surface area contributed by atoms with Gasteiger partial charge in [-0.3, -0.25) is 9.52 Å². The Morgan fingerprint density at radius 1 is 1.10 bits per heavy atom. The highest BCUT2D eigenvalue weighted by Crippen LogP contribution is 2.30. The van der Waals surface area contributed by atoms with E-state index in [0.29, 0.717) is 23.2 Å². The highest BCUT2D eigenvalue weighted by molar-refractivity contribution is 7.92. The van der Waals surface area contributed by atoms with Crippen LogP contribution in [-0.2, 0) is 16.4 Å². The van der Waals surface area contributed by atoms with Crippen LogP contribution in [0.5, 0.6) is 11.6 Å². The number of methoxy groups -OCH3 is 1. The number of carbonyl (C=O) groups is 1. The van der Waals surface area contributed by atoms with Crippen LogP contribution in [0.2, 0.25) is 0 Å². The van der Waals surface area contributed by atoms with E-state index in [4.69, 9.17) is 14.6 Å². The third-order valence-electron chi connectivity index (χ3n) is 4.35. The number of aromatic nitrogens is 2. The molecular weight excluding hydrogens is 422 g/mol. The highest BCUT2D eigenvalue weighted by atomic mass is 32.2. The lowest BCUT2D eigenvalue weighted by Crippen LogP contribution is -2.17. The molecule has 1 aromatic heterocycles. The Kier molecular flexibility index (Phi) is 7.16. The molecule has 0 fully saturated rings. The first-order chi connectivity index (χ1) is 15.0. The summed E-state index contributed by atoms with van der Waals surface area (Å²) in [7, 11) is -2.46. The molecule has 162 valence electrons. The molecule has 0 amide bonds. The fourth-order valence-electron chi connectivity index (χ4n) is 2.86. The summed E-state index contributed by atoms with van der Waals surface area (Å²) in [6.45, 7) is -0.252. The van der Waals surface area contributed by atoms with Gasteiger partial charge in [-0.2, -0.15) is 0 Å². The Morgan fingerprint density at radius 2 is 1.84 bits per heavy atom. The van der Waals surface area contributed by atoms with Crippen molar-refractivity contribution in [3.05, 3.63) is 71.5 Å². The second-order valence-corrected chi connectivity index (χ2v) is 8.04. The first-order valence-electron chi connectivity index (χ1n) is 9.26. The number of nitrogens with zero attached hydrogens (tertiary/aromatic N) is 2. The van der Waals surface area contributed by atoms with Crippen molar-refractivity contribution in [1.82, 2.24) is 9.97 Å². The number of hydrogen-bond acceptors (Lipinski definition) is 8. The number of para-hydroxylation sites is 1. The minimum absolute atomic E-state index is 0.0186. The molecule has 31 heavy (non-hydrogen) atoms. The third kappa shape index (κ3) is 5.36. The second kappa shape index (κ2) is 10.0. The normalized spacial score (nSPS) is 11.0. The van der Waals surface area contributed by atoms with Crippen LogP contribution in [0.15, 0.2) is 59.8 Å². The predicted molar refractivity (Wildman–Crippen MR) is 113 cm³/mol. The van der Waals surface area contributed by atoms with Crippen LogP contribution in [-0.4, -0.2) is 50.1 Å². The molecule has 0 aliphatic rings. The lowest BCUT2D eigenvalue weighted by molar-refractivity contribution is 0.112. The van der Waals surface area contributed by atoms with E-state index in [1.807, 2.05) is 18.2 Å². The Balaban J connectivity index is 2.01. The molecule has 2 N–H and O–H groups in total. The number of aliphatic hydroxyl groups is 1. The van der Waals surface area contributed by atoms with E-state index in [-0.39, 0.29) is 36.2 Å². The first-order valence-corrected chi connectivity index (χ1v) is 10.7. The maximum atomic E-state index is 12.9. The van der Waals surface area contributed by atoms with Gasteiger partial charge in [0.25, 0.3) is 10.0 Å². The van der Waals surface area contributed by atoms with E-state index in [1.165, 1.54) is 37.7 Å². The zero-order valence-corrected chi connectivity index (χ0v) is 17.5. The summed E-state index contributed by atoms with van der Waals surface area (Å²) in [5, 5.41) is 9.11. The van der Waals surface area contributed by atoms with E-state index in [9.17, 15) is 13.2 Å². The Hall–Kier alpha value is -3.50. The van der Waals surface area contributed by atoms with E-state index in [1.54, 1.807) is 6.07 Å². The number of carbonyl (C=O) groups excluding carboxylic acids is 1. The average Bonchev–Trinajstić information content (AvgIpc) is 2.79. The van der Waals surface area contributed by atoms with Crippen molar-refractivity contribution >= 4 is 22.1 Å². The van der Waals surface area contributed by atoms with Gasteiger partial charge in [0.1, 0.15) is 25.0 Å². The van der Waals surface area contributed by atoms with Crippen LogP contribution in [0.4, 0.5) is 5.82 Å². The number of hydrogen-bond donors (Lipinski definition) is 2. The SMILES string of the molecule is COc1ccccc1Cc1c(NS(=O)(=O)c2ccc(C=O)cc2)ncnc1OCCO. The lowest BCUT2D eigenvalue weighted by atomic mass is 10.1. The van der Waals surface area contributed by atoms with Crippen molar-refractivity contribution in [2.24, 2.45) is 0 Å². The van der Waals surface area contributed by atoms with Gasteiger partial charge in [0.15, 0.2) is 5.82 Å². The van der Waals surface area contributed by atoms with Crippen LogP contribution >= 0.6 is 0 Å². The van der Waals surface area contributed by atoms with Crippen molar-refractivity contribution in [2.75, 3.05) is 25.0 Å². The molecule has 0 saturated heterocycles. The fourth-order valence-corrected chi connectivity index (χ4v) is 3.90. The molecule has 0 radical (unpaired) electrons. The predicted octanol–water partition coefficient (Wildman–Crippen LogP) is 2.06. The van der Waals surface area contributed by atoms with Gasteiger partial charge in [-0.25, -0.2) is 18.4 Å². The molecular formula is C21H21N3O6S. The van der Waals surface area contributed by atoms with Crippen molar-refractivity contribution in [3.63, 3.8) is 0 Å². The summed E-state index contributed by atoms with van der Waals surface area (Å²) < 4.78 is 39.1. The zero-order valence-electron chi connectivity index (χ0n) is 16.7. The van der Waals surface area contributed by atoms with Gasteiger partial charge in [0, 0.05) is 12.0 Å². The number of aldehydes is 1. The van der Waals surface area contributed by atoms with Crippen LogP contribution in [0.1, 0.15) is 21.5 Å². The zero-order chi connectivity index (χ0) is 22.3. The maximum absolute atomic E-state index is 12.9. The van der Waals surface area contributed by atoms with E-state index in [0.717, 1.165) is 5.56 Å². The van der Waals surface area contributed by atoms with Crippen LogP contribution in [0, 0.1) is 0 Å². The molecule has 3 rings (SSSR count). The molecule has 3 aromatic rings. The van der Waals surface area contributed by atoms with Crippen molar-refractivity contribution in [1.29, 1.82) is 0 Å². The van der Waals surface area contributed by atoms with Crippen LogP contribution < -0.4 is 14.2 Å². The van der Waals surface area contributed by atoms with Crippen LogP contribution in [0.3, 0.4) is 0 Å². The first kappa shape index (κ1) is 22.2. The highest BCUT2D eigenvalue weighted by Gasteiger charge is 2.21. The number of nitrogens with one attached hydrogen (secondary N) is 1. The smallest absolute Gasteiger partial charge is 0.263 e. The van der Waals surface area contributed by atoms with Gasteiger partial charge < -0.3 is 14.6 Å². The monoisotopic (exact) mass is 443 g/mol. The van der Waals surface area contributed by atoms with E-state index < -0.39 is 10.0 Å². The minimum Gasteiger partial charge on any atom is -0.496 e. The Labute approximate surface area is 179 Å². The molecule has 0 saturated carbocycles. The van der Waals surface area contributed by atoms with Crippen molar-refractivity contribution in [3.8, 4) is 11.6 Å². The average molecular weight is 443 g/mol. The van der Waals surface area contributed by atoms with E-state index in [2.05, 4.69) is 14.7 Å². The molecule has 0 atom stereocenters.